The normalized spacial score (nSPS) is 12.4. The second kappa shape index (κ2) is 6.44. The summed E-state index contributed by atoms with van der Waals surface area (Å²) >= 11 is 0. The largest absolute Gasteiger partial charge is 0.0950 e. The molecule has 0 aliphatic heterocycles. The SMILES string of the molecule is C=C(c1ccccc1)C(C)CCCCC. The van der Waals surface area contributed by atoms with Crippen molar-refractivity contribution in [1.29, 1.82) is 0 Å². The maximum Gasteiger partial charge on any atom is -0.0190 e. The quantitative estimate of drug-likeness (QED) is 0.575. The zero-order chi connectivity index (χ0) is 11.1. The lowest BCUT2D eigenvalue weighted by atomic mass is 9.91. The molecule has 0 aliphatic rings. The first-order valence-corrected chi connectivity index (χ1v) is 6.00. The molecule has 0 heterocycles. The molecule has 15 heavy (non-hydrogen) atoms. The van der Waals surface area contributed by atoms with Gasteiger partial charge in [0.2, 0.25) is 0 Å². The zero-order valence-corrected chi connectivity index (χ0v) is 10.00. The van der Waals surface area contributed by atoms with E-state index in [0.717, 1.165) is 0 Å². The van der Waals surface area contributed by atoms with E-state index in [9.17, 15) is 0 Å². The van der Waals surface area contributed by atoms with E-state index in [1.807, 2.05) is 0 Å². The Morgan fingerprint density at radius 2 is 1.87 bits per heavy atom. The summed E-state index contributed by atoms with van der Waals surface area (Å²) < 4.78 is 0. The van der Waals surface area contributed by atoms with E-state index in [0.29, 0.717) is 5.92 Å². The van der Waals surface area contributed by atoms with Crippen molar-refractivity contribution < 1.29 is 0 Å². The molecule has 1 rings (SSSR count). The van der Waals surface area contributed by atoms with Gasteiger partial charge in [-0.25, -0.2) is 0 Å². The van der Waals surface area contributed by atoms with Crippen molar-refractivity contribution in [2.24, 2.45) is 5.92 Å². The topological polar surface area (TPSA) is 0 Å². The molecule has 0 aromatic heterocycles. The van der Waals surface area contributed by atoms with Crippen molar-refractivity contribution in [3.63, 3.8) is 0 Å². The van der Waals surface area contributed by atoms with Gasteiger partial charge in [-0.3, -0.25) is 0 Å². The van der Waals surface area contributed by atoms with Gasteiger partial charge in [0.05, 0.1) is 0 Å². The van der Waals surface area contributed by atoms with Gasteiger partial charge in [0, 0.05) is 0 Å². The van der Waals surface area contributed by atoms with Gasteiger partial charge in [0.1, 0.15) is 0 Å². The fourth-order valence-corrected chi connectivity index (χ4v) is 1.81. The lowest BCUT2D eigenvalue weighted by Crippen LogP contribution is -1.97. The van der Waals surface area contributed by atoms with E-state index < -0.39 is 0 Å². The summed E-state index contributed by atoms with van der Waals surface area (Å²) in [5.41, 5.74) is 2.58. The molecule has 1 unspecified atom stereocenters. The van der Waals surface area contributed by atoms with E-state index in [1.54, 1.807) is 0 Å². The molecule has 1 aromatic carbocycles. The molecule has 0 nitrogen and oxygen atoms in total. The maximum absolute atomic E-state index is 4.20. The fraction of sp³-hybridized carbons (Fsp3) is 0.467. The number of rotatable bonds is 6. The highest BCUT2D eigenvalue weighted by molar-refractivity contribution is 5.64. The fourth-order valence-electron chi connectivity index (χ4n) is 1.81. The van der Waals surface area contributed by atoms with Crippen LogP contribution in [0.4, 0.5) is 0 Å². The van der Waals surface area contributed by atoms with E-state index in [1.165, 1.54) is 36.8 Å². The lowest BCUT2D eigenvalue weighted by molar-refractivity contribution is 0.587. The third-order valence-electron chi connectivity index (χ3n) is 2.98. The Hall–Kier alpha value is -1.04. The average molecular weight is 202 g/mol. The molecule has 0 aliphatic carbocycles. The zero-order valence-electron chi connectivity index (χ0n) is 10.00. The summed E-state index contributed by atoms with van der Waals surface area (Å²) in [6, 6.07) is 10.5. The van der Waals surface area contributed by atoms with Crippen molar-refractivity contribution in [3.8, 4) is 0 Å². The molecule has 0 fully saturated rings. The third kappa shape index (κ3) is 3.91. The Bertz CT molecular complexity index is 284. The predicted molar refractivity (Wildman–Crippen MR) is 68.8 cm³/mol. The molecule has 1 atom stereocenters. The molecule has 0 bridgehead atoms. The van der Waals surface area contributed by atoms with Gasteiger partial charge in [-0.15, -0.1) is 0 Å². The Labute approximate surface area is 94.0 Å². The van der Waals surface area contributed by atoms with Crippen molar-refractivity contribution in [2.75, 3.05) is 0 Å². The molecule has 1 aromatic rings. The second-order valence-electron chi connectivity index (χ2n) is 4.29. The molecule has 0 amide bonds. The van der Waals surface area contributed by atoms with Gasteiger partial charge in [-0.2, -0.15) is 0 Å². The van der Waals surface area contributed by atoms with Crippen LogP contribution in [0.2, 0.25) is 0 Å². The first-order valence-electron chi connectivity index (χ1n) is 6.00. The first kappa shape index (κ1) is 12.0. The summed E-state index contributed by atoms with van der Waals surface area (Å²) in [6.07, 6.45) is 5.22. The first-order chi connectivity index (χ1) is 7.25. The van der Waals surface area contributed by atoms with Crippen LogP contribution < -0.4 is 0 Å². The van der Waals surface area contributed by atoms with Gasteiger partial charge in [0.15, 0.2) is 0 Å². The number of hydrogen-bond acceptors (Lipinski definition) is 0. The molecule has 0 saturated carbocycles. The monoisotopic (exact) mass is 202 g/mol. The standard InChI is InChI=1S/C15H22/c1-4-5-7-10-13(2)14(3)15-11-8-6-9-12-15/h6,8-9,11-13H,3-5,7,10H2,1-2H3. The Kier molecular flexibility index (Phi) is 5.17. The molecule has 82 valence electrons. The van der Waals surface area contributed by atoms with Crippen molar-refractivity contribution in [1.82, 2.24) is 0 Å². The summed E-state index contributed by atoms with van der Waals surface area (Å²) in [5.74, 6) is 0.610. The van der Waals surface area contributed by atoms with Crippen molar-refractivity contribution in [2.45, 2.75) is 39.5 Å². The minimum atomic E-state index is 0.610. The van der Waals surface area contributed by atoms with Crippen LogP contribution in [0.15, 0.2) is 36.9 Å². The summed E-state index contributed by atoms with van der Waals surface area (Å²) in [5, 5.41) is 0. The average Bonchev–Trinajstić information content (AvgIpc) is 2.29. The molecule has 0 saturated heterocycles. The molecule has 0 N–H and O–H groups in total. The molecule has 0 heteroatoms. The van der Waals surface area contributed by atoms with E-state index in [4.69, 9.17) is 0 Å². The Balaban J connectivity index is 2.46. The number of hydrogen-bond donors (Lipinski definition) is 0. The van der Waals surface area contributed by atoms with Gasteiger partial charge in [-0.05, 0) is 23.5 Å². The van der Waals surface area contributed by atoms with Crippen LogP contribution in [0.5, 0.6) is 0 Å². The maximum atomic E-state index is 4.20. The van der Waals surface area contributed by atoms with Crippen LogP contribution in [0.1, 0.15) is 45.1 Å². The minimum absolute atomic E-state index is 0.610. The van der Waals surface area contributed by atoms with Gasteiger partial charge >= 0.3 is 0 Å². The highest BCUT2D eigenvalue weighted by Crippen LogP contribution is 2.25. The van der Waals surface area contributed by atoms with Crippen LogP contribution in [0.3, 0.4) is 0 Å². The Morgan fingerprint density at radius 3 is 2.47 bits per heavy atom. The highest BCUT2D eigenvalue weighted by Gasteiger charge is 2.07. The summed E-state index contributed by atoms with van der Waals surface area (Å²) in [6.45, 7) is 8.73. The van der Waals surface area contributed by atoms with Crippen LogP contribution in [0.25, 0.3) is 5.57 Å². The number of benzene rings is 1. The van der Waals surface area contributed by atoms with Crippen LogP contribution in [0, 0.1) is 5.92 Å². The smallest absolute Gasteiger partial charge is 0.0190 e. The number of unbranched alkanes of at least 4 members (excludes halogenated alkanes) is 2. The molecular formula is C15H22. The minimum Gasteiger partial charge on any atom is -0.0950 e. The van der Waals surface area contributed by atoms with Crippen LogP contribution in [-0.2, 0) is 0 Å². The van der Waals surface area contributed by atoms with E-state index in [-0.39, 0.29) is 0 Å². The summed E-state index contributed by atoms with van der Waals surface area (Å²) in [4.78, 5) is 0. The van der Waals surface area contributed by atoms with Crippen molar-refractivity contribution in [3.05, 3.63) is 42.5 Å². The molecule has 0 radical (unpaired) electrons. The second-order valence-corrected chi connectivity index (χ2v) is 4.29. The van der Waals surface area contributed by atoms with Crippen LogP contribution in [-0.4, -0.2) is 0 Å². The van der Waals surface area contributed by atoms with Gasteiger partial charge in [0.25, 0.3) is 0 Å². The van der Waals surface area contributed by atoms with Gasteiger partial charge < -0.3 is 0 Å². The molecular weight excluding hydrogens is 180 g/mol. The summed E-state index contributed by atoms with van der Waals surface area (Å²) in [7, 11) is 0. The van der Waals surface area contributed by atoms with Gasteiger partial charge in [-0.1, -0.05) is 70.0 Å². The van der Waals surface area contributed by atoms with Crippen LogP contribution >= 0.6 is 0 Å². The third-order valence-corrected chi connectivity index (χ3v) is 2.98. The highest BCUT2D eigenvalue weighted by atomic mass is 14.1. The lowest BCUT2D eigenvalue weighted by Gasteiger charge is -2.14. The van der Waals surface area contributed by atoms with Crippen molar-refractivity contribution >= 4 is 5.57 Å². The predicted octanol–water partition coefficient (Wildman–Crippen LogP) is 4.92. The Morgan fingerprint density at radius 1 is 1.20 bits per heavy atom. The van der Waals surface area contributed by atoms with E-state index in [2.05, 4.69) is 50.8 Å². The van der Waals surface area contributed by atoms with E-state index >= 15 is 0 Å². The number of allylic oxidation sites excluding steroid dienone is 1. The molecule has 0 spiro atoms.